The van der Waals surface area contributed by atoms with Gasteiger partial charge in [-0.2, -0.15) is 12.7 Å². The molecule has 1 rings (SSSR count). The van der Waals surface area contributed by atoms with Crippen molar-refractivity contribution in [3.8, 4) is 0 Å². The van der Waals surface area contributed by atoms with Crippen molar-refractivity contribution in [3.63, 3.8) is 0 Å². The van der Waals surface area contributed by atoms with Crippen LogP contribution in [-0.2, 0) is 19.8 Å². The summed E-state index contributed by atoms with van der Waals surface area (Å²) in [7, 11) is -4.61. The third-order valence-electron chi connectivity index (χ3n) is 2.16. The highest BCUT2D eigenvalue weighted by atomic mass is 32.2. The zero-order valence-corrected chi connectivity index (χ0v) is 12.5. The van der Waals surface area contributed by atoms with Crippen molar-refractivity contribution in [2.75, 3.05) is 6.26 Å². The Hall–Kier alpha value is -1.00. The van der Waals surface area contributed by atoms with Gasteiger partial charge in [0, 0.05) is 0 Å². The van der Waals surface area contributed by atoms with E-state index in [0.29, 0.717) is 4.31 Å². The number of carbonyl (C=O) groups excluding carboxylic acids is 2. The SMILES string of the molecule is CSC1[C@H](NC(=O)OC(C)(C)C)C(=O)N1S(=O)(=O)O. The minimum absolute atomic E-state index is 0.319. The minimum Gasteiger partial charge on any atom is -0.444 e. The fraction of sp³-hybridized carbons (Fsp3) is 0.778. The van der Waals surface area contributed by atoms with Gasteiger partial charge in [-0.05, 0) is 27.0 Å². The van der Waals surface area contributed by atoms with Crippen LogP contribution in [-0.4, -0.2) is 52.5 Å². The molecule has 1 aliphatic rings. The second kappa shape index (κ2) is 5.17. The maximum Gasteiger partial charge on any atom is 0.408 e. The molecular weight excluding hydrogens is 296 g/mol. The van der Waals surface area contributed by atoms with Crippen molar-refractivity contribution in [3.05, 3.63) is 0 Å². The lowest BCUT2D eigenvalue weighted by molar-refractivity contribution is -0.138. The topological polar surface area (TPSA) is 113 Å². The molecule has 2 amide bonds. The maximum absolute atomic E-state index is 11.6. The highest BCUT2D eigenvalue weighted by Crippen LogP contribution is 2.30. The number of ether oxygens (including phenoxy) is 1. The summed E-state index contributed by atoms with van der Waals surface area (Å²) in [6.45, 7) is 4.98. The average Bonchev–Trinajstić information content (AvgIpc) is 2.17. The number of nitrogens with one attached hydrogen (secondary N) is 1. The summed E-state index contributed by atoms with van der Waals surface area (Å²) >= 11 is 1.01. The number of amides is 2. The number of thioether (sulfide) groups is 1. The first kappa shape index (κ1) is 16.1. The van der Waals surface area contributed by atoms with Crippen molar-refractivity contribution in [1.82, 2.24) is 9.62 Å². The number of β-lactam (4-membered cyclic amide) rings is 1. The molecule has 0 aromatic carbocycles. The normalized spacial score (nSPS) is 23.8. The van der Waals surface area contributed by atoms with Gasteiger partial charge in [0.15, 0.2) is 0 Å². The van der Waals surface area contributed by atoms with Crippen molar-refractivity contribution in [2.45, 2.75) is 37.8 Å². The Morgan fingerprint density at radius 3 is 2.37 bits per heavy atom. The molecule has 0 aliphatic carbocycles. The first-order chi connectivity index (χ1) is 8.47. The lowest BCUT2D eigenvalue weighted by Crippen LogP contribution is -2.70. The van der Waals surface area contributed by atoms with E-state index in [1.807, 2.05) is 0 Å². The molecule has 110 valence electrons. The molecule has 8 nitrogen and oxygen atoms in total. The van der Waals surface area contributed by atoms with E-state index in [0.717, 1.165) is 11.8 Å². The molecular formula is C9H16N2O6S2. The molecule has 19 heavy (non-hydrogen) atoms. The smallest absolute Gasteiger partial charge is 0.408 e. The van der Waals surface area contributed by atoms with Crippen molar-refractivity contribution in [2.24, 2.45) is 0 Å². The summed E-state index contributed by atoms with van der Waals surface area (Å²) < 4.78 is 36.1. The zero-order chi connectivity index (χ0) is 15.0. The Bertz CT molecular complexity index is 483. The van der Waals surface area contributed by atoms with Crippen LogP contribution in [0.15, 0.2) is 0 Å². The van der Waals surface area contributed by atoms with Crippen LogP contribution in [0.1, 0.15) is 20.8 Å². The van der Waals surface area contributed by atoms with Gasteiger partial charge in [-0.15, -0.1) is 11.8 Å². The molecule has 0 saturated carbocycles. The van der Waals surface area contributed by atoms with Crippen LogP contribution in [0.5, 0.6) is 0 Å². The van der Waals surface area contributed by atoms with Crippen LogP contribution in [0.2, 0.25) is 0 Å². The quantitative estimate of drug-likeness (QED) is 0.566. The number of hydrogen-bond acceptors (Lipinski definition) is 6. The molecule has 1 saturated heterocycles. The Morgan fingerprint density at radius 2 is 2.00 bits per heavy atom. The molecule has 0 aromatic rings. The predicted octanol–water partition coefficient (Wildman–Crippen LogP) is 0.214. The summed E-state index contributed by atoms with van der Waals surface area (Å²) in [6.07, 6.45) is 0.735. The number of hydrogen-bond donors (Lipinski definition) is 2. The summed E-state index contributed by atoms with van der Waals surface area (Å²) in [5.74, 6) is -0.896. The summed E-state index contributed by atoms with van der Waals surface area (Å²) in [6, 6.07) is -1.04. The van der Waals surface area contributed by atoms with Crippen LogP contribution < -0.4 is 5.32 Å². The maximum atomic E-state index is 11.6. The minimum atomic E-state index is -4.61. The van der Waals surface area contributed by atoms with E-state index in [-0.39, 0.29) is 0 Å². The Balaban J connectivity index is 2.72. The van der Waals surface area contributed by atoms with Gasteiger partial charge in [-0.25, -0.2) is 4.79 Å². The van der Waals surface area contributed by atoms with Crippen molar-refractivity contribution in [1.29, 1.82) is 0 Å². The van der Waals surface area contributed by atoms with E-state index in [9.17, 15) is 18.0 Å². The summed E-state index contributed by atoms with van der Waals surface area (Å²) in [4.78, 5) is 23.1. The highest BCUT2D eigenvalue weighted by Gasteiger charge is 2.54. The van der Waals surface area contributed by atoms with Gasteiger partial charge in [-0.3, -0.25) is 9.35 Å². The van der Waals surface area contributed by atoms with Gasteiger partial charge < -0.3 is 10.1 Å². The number of rotatable bonds is 3. The van der Waals surface area contributed by atoms with Gasteiger partial charge >= 0.3 is 16.4 Å². The molecule has 2 atom stereocenters. The molecule has 0 aromatic heterocycles. The van der Waals surface area contributed by atoms with Crippen molar-refractivity contribution < 1.29 is 27.3 Å². The van der Waals surface area contributed by atoms with Crippen LogP contribution in [0.4, 0.5) is 4.79 Å². The molecule has 1 heterocycles. The first-order valence-corrected chi connectivity index (χ1v) is 7.99. The van der Waals surface area contributed by atoms with E-state index in [2.05, 4.69) is 5.32 Å². The summed E-state index contributed by atoms with van der Waals surface area (Å²) in [5, 5.41) is 1.40. The molecule has 0 spiro atoms. The standard InChI is InChI=1S/C9H16N2O6S2/c1-9(2,3)17-8(13)10-5-6(12)11(7(5)18-4)19(14,15)16/h5,7H,1-4H3,(H,10,13)(H,14,15,16)/t5-,7?/m1/s1. The molecule has 1 unspecified atom stereocenters. The lowest BCUT2D eigenvalue weighted by atomic mass is 10.1. The highest BCUT2D eigenvalue weighted by molar-refractivity contribution is 8.00. The Kier molecular flexibility index (Phi) is 4.37. The van der Waals surface area contributed by atoms with Crippen LogP contribution in [0.25, 0.3) is 0 Å². The van der Waals surface area contributed by atoms with E-state index in [1.165, 1.54) is 0 Å². The summed E-state index contributed by atoms with van der Waals surface area (Å²) in [5.41, 5.74) is -0.728. The molecule has 0 bridgehead atoms. The van der Waals surface area contributed by atoms with E-state index in [4.69, 9.17) is 9.29 Å². The molecule has 2 N–H and O–H groups in total. The number of alkyl carbamates (subject to hydrolysis) is 1. The Labute approximate surface area is 115 Å². The second-order valence-corrected chi connectivity index (χ2v) is 7.11. The van der Waals surface area contributed by atoms with Crippen LogP contribution in [0.3, 0.4) is 0 Å². The van der Waals surface area contributed by atoms with Gasteiger partial charge in [0.25, 0.3) is 5.91 Å². The lowest BCUT2D eigenvalue weighted by Gasteiger charge is -2.43. The van der Waals surface area contributed by atoms with Crippen molar-refractivity contribution >= 4 is 34.1 Å². The molecule has 1 aliphatic heterocycles. The van der Waals surface area contributed by atoms with Gasteiger partial charge in [0.2, 0.25) is 0 Å². The zero-order valence-electron chi connectivity index (χ0n) is 10.9. The van der Waals surface area contributed by atoms with Crippen LogP contribution in [0, 0.1) is 0 Å². The van der Waals surface area contributed by atoms with Gasteiger partial charge in [0.1, 0.15) is 17.0 Å². The van der Waals surface area contributed by atoms with Gasteiger partial charge in [-0.1, -0.05) is 0 Å². The fourth-order valence-electron chi connectivity index (χ4n) is 1.48. The third-order valence-corrected chi connectivity index (χ3v) is 4.17. The van der Waals surface area contributed by atoms with E-state index >= 15 is 0 Å². The van der Waals surface area contributed by atoms with Crippen LogP contribution >= 0.6 is 11.8 Å². The molecule has 0 radical (unpaired) electrons. The van der Waals surface area contributed by atoms with E-state index < -0.39 is 39.3 Å². The number of carbonyl (C=O) groups is 2. The predicted molar refractivity (Wildman–Crippen MR) is 68.9 cm³/mol. The Morgan fingerprint density at radius 1 is 1.47 bits per heavy atom. The van der Waals surface area contributed by atoms with Gasteiger partial charge in [0.05, 0.1) is 0 Å². The third kappa shape index (κ3) is 3.74. The average molecular weight is 312 g/mol. The monoisotopic (exact) mass is 312 g/mol. The first-order valence-electron chi connectivity index (χ1n) is 5.30. The number of nitrogens with zero attached hydrogens (tertiary/aromatic N) is 1. The molecule has 10 heteroatoms. The van der Waals surface area contributed by atoms with E-state index in [1.54, 1.807) is 27.0 Å². The second-order valence-electron chi connectivity index (χ2n) is 4.86. The fourth-order valence-corrected chi connectivity index (χ4v) is 3.54. The molecule has 1 fully saturated rings. The largest absolute Gasteiger partial charge is 0.444 e.